The Kier molecular flexibility index (Phi) is 11.8. The minimum Gasteiger partial charge on any atom is -0.293 e. The van der Waals surface area contributed by atoms with Gasteiger partial charge in [-0.25, -0.2) is 0 Å². The third-order valence-corrected chi connectivity index (χ3v) is 11.0. The van der Waals surface area contributed by atoms with Crippen molar-refractivity contribution in [2.45, 2.75) is 193 Å². The van der Waals surface area contributed by atoms with E-state index in [0.29, 0.717) is 11.8 Å². The van der Waals surface area contributed by atoms with Crippen molar-refractivity contribution >= 4 is 0 Å². The van der Waals surface area contributed by atoms with Gasteiger partial charge in [0.1, 0.15) is 0 Å². The van der Waals surface area contributed by atoms with Crippen molar-refractivity contribution in [2.24, 2.45) is 0 Å². The maximum atomic E-state index is 2.87. The Bertz CT molecular complexity index is 804. The van der Waals surface area contributed by atoms with E-state index in [9.17, 15) is 0 Å². The molecule has 2 heteroatoms. The van der Waals surface area contributed by atoms with Crippen LogP contribution in [0.2, 0.25) is 0 Å². The molecular weight excluding hydrogens is 484 g/mol. The smallest absolute Gasteiger partial charge is 0.0164 e. The molecule has 0 aromatic heterocycles. The third kappa shape index (κ3) is 8.59. The Labute approximate surface area is 251 Å². The molecule has 0 aliphatic carbocycles. The molecule has 2 nitrogen and oxygen atoms in total. The average molecular weight is 553 g/mol. The third-order valence-electron chi connectivity index (χ3n) is 11.0. The summed E-state index contributed by atoms with van der Waals surface area (Å²) >= 11 is 0. The van der Waals surface area contributed by atoms with Crippen LogP contribution >= 0.6 is 0 Å². The van der Waals surface area contributed by atoms with E-state index in [1.165, 1.54) is 103 Å². The van der Waals surface area contributed by atoms with Gasteiger partial charge in [0.25, 0.3) is 0 Å². The number of likely N-dealkylation sites (tertiary alicyclic amines) is 2. The molecule has 230 valence electrons. The lowest BCUT2D eigenvalue weighted by atomic mass is 9.81. The van der Waals surface area contributed by atoms with Gasteiger partial charge in [0.05, 0.1) is 0 Å². The van der Waals surface area contributed by atoms with Crippen LogP contribution in [-0.4, -0.2) is 45.0 Å². The Balaban J connectivity index is 1.72. The SMILES string of the molecule is CCCCCCN1C(C)(C)CCC(c2ccc(C3CCC(C)(C)N(CCCCCC)C(C)(C)C3)cc2)CC1(C)C. The number of hydrogen-bond acceptors (Lipinski definition) is 2. The topological polar surface area (TPSA) is 6.48 Å². The van der Waals surface area contributed by atoms with Crippen LogP contribution in [0.15, 0.2) is 24.3 Å². The maximum absolute atomic E-state index is 2.87. The predicted octanol–water partition coefficient (Wildman–Crippen LogP) is 11.1. The molecule has 2 fully saturated rings. The summed E-state index contributed by atoms with van der Waals surface area (Å²) in [5.41, 5.74) is 4.15. The largest absolute Gasteiger partial charge is 0.293 e. The lowest BCUT2D eigenvalue weighted by Gasteiger charge is -2.48. The number of rotatable bonds is 12. The van der Waals surface area contributed by atoms with Gasteiger partial charge in [0, 0.05) is 22.2 Å². The van der Waals surface area contributed by atoms with Gasteiger partial charge in [-0.15, -0.1) is 0 Å². The zero-order valence-electron chi connectivity index (χ0n) is 28.7. The highest BCUT2D eigenvalue weighted by atomic mass is 15.3. The number of benzene rings is 1. The van der Waals surface area contributed by atoms with Crippen molar-refractivity contribution in [1.82, 2.24) is 9.80 Å². The van der Waals surface area contributed by atoms with Crippen LogP contribution in [0.25, 0.3) is 0 Å². The number of nitrogens with zero attached hydrogens (tertiary/aromatic N) is 2. The Morgan fingerprint density at radius 3 is 1.20 bits per heavy atom. The molecule has 2 aliphatic heterocycles. The van der Waals surface area contributed by atoms with Crippen molar-refractivity contribution < 1.29 is 0 Å². The van der Waals surface area contributed by atoms with E-state index in [0.717, 1.165) is 0 Å². The zero-order chi connectivity index (χ0) is 29.6. The van der Waals surface area contributed by atoms with Crippen molar-refractivity contribution in [3.05, 3.63) is 35.4 Å². The minimum atomic E-state index is 0.229. The highest BCUT2D eigenvalue weighted by molar-refractivity contribution is 5.29. The molecule has 2 atom stereocenters. The first kappa shape index (κ1) is 33.6. The lowest BCUT2D eigenvalue weighted by Crippen LogP contribution is -2.54. The summed E-state index contributed by atoms with van der Waals surface area (Å²) < 4.78 is 0. The van der Waals surface area contributed by atoms with E-state index in [1.807, 2.05) is 0 Å². The van der Waals surface area contributed by atoms with Crippen molar-refractivity contribution in [3.8, 4) is 0 Å². The van der Waals surface area contributed by atoms with Crippen molar-refractivity contribution in [1.29, 1.82) is 0 Å². The average Bonchev–Trinajstić information content (AvgIpc) is 3.03. The number of hydrogen-bond donors (Lipinski definition) is 0. The summed E-state index contributed by atoms with van der Waals surface area (Å²) in [5.74, 6) is 1.32. The first-order chi connectivity index (χ1) is 18.7. The summed E-state index contributed by atoms with van der Waals surface area (Å²) in [4.78, 5) is 5.74. The van der Waals surface area contributed by atoms with Gasteiger partial charge in [-0.05, 0) is 143 Å². The normalized spacial score (nSPS) is 26.8. The molecule has 1 aromatic carbocycles. The summed E-state index contributed by atoms with van der Waals surface area (Å²) in [6.07, 6.45) is 18.5. The first-order valence-electron chi connectivity index (χ1n) is 17.4. The molecule has 40 heavy (non-hydrogen) atoms. The van der Waals surface area contributed by atoms with Crippen LogP contribution in [0.3, 0.4) is 0 Å². The van der Waals surface area contributed by atoms with Gasteiger partial charge in [-0.2, -0.15) is 0 Å². The summed E-state index contributed by atoms with van der Waals surface area (Å²) in [6, 6.07) is 10.1. The van der Waals surface area contributed by atoms with Crippen LogP contribution in [-0.2, 0) is 0 Å². The van der Waals surface area contributed by atoms with Crippen LogP contribution in [0.1, 0.15) is 182 Å². The second-order valence-corrected chi connectivity index (χ2v) is 16.2. The van der Waals surface area contributed by atoms with Crippen LogP contribution in [0, 0.1) is 0 Å². The second kappa shape index (κ2) is 14.1. The highest BCUT2D eigenvalue weighted by Gasteiger charge is 2.43. The zero-order valence-corrected chi connectivity index (χ0v) is 28.7. The van der Waals surface area contributed by atoms with Gasteiger partial charge < -0.3 is 0 Å². The van der Waals surface area contributed by atoms with E-state index in [2.05, 4.69) is 103 Å². The molecule has 0 bridgehead atoms. The van der Waals surface area contributed by atoms with E-state index >= 15 is 0 Å². The lowest BCUT2D eigenvalue weighted by molar-refractivity contribution is 0.0171. The standard InChI is InChI=1S/C38H68N2/c1-11-13-15-17-27-39-35(3,4)25-23-33(29-37(39,7)8)31-19-21-32(22-20-31)34-24-26-36(5,6)40(38(9,10)30-34)28-18-16-14-12-2/h19-22,33-34H,11-18,23-30H2,1-10H3. The highest BCUT2D eigenvalue weighted by Crippen LogP contribution is 2.45. The molecule has 2 heterocycles. The van der Waals surface area contributed by atoms with E-state index in [-0.39, 0.29) is 22.2 Å². The van der Waals surface area contributed by atoms with Crippen molar-refractivity contribution in [3.63, 3.8) is 0 Å². The van der Waals surface area contributed by atoms with Gasteiger partial charge in [-0.1, -0.05) is 76.6 Å². The molecule has 1 aromatic rings. The molecular formula is C38H68N2. The quantitative estimate of drug-likeness (QED) is 0.238. The van der Waals surface area contributed by atoms with E-state index < -0.39 is 0 Å². The Morgan fingerprint density at radius 1 is 0.525 bits per heavy atom. The molecule has 3 rings (SSSR count). The van der Waals surface area contributed by atoms with Crippen LogP contribution in [0.5, 0.6) is 0 Å². The molecule has 0 N–H and O–H groups in total. The van der Waals surface area contributed by atoms with Gasteiger partial charge in [-0.3, -0.25) is 9.80 Å². The maximum Gasteiger partial charge on any atom is 0.0164 e. The molecule has 0 amide bonds. The molecule has 0 saturated carbocycles. The van der Waals surface area contributed by atoms with Gasteiger partial charge in [0.2, 0.25) is 0 Å². The summed E-state index contributed by atoms with van der Waals surface area (Å²) in [6.45, 7) is 27.2. The van der Waals surface area contributed by atoms with Gasteiger partial charge >= 0.3 is 0 Å². The fourth-order valence-corrected chi connectivity index (χ4v) is 8.81. The fourth-order valence-electron chi connectivity index (χ4n) is 8.81. The minimum absolute atomic E-state index is 0.229. The van der Waals surface area contributed by atoms with Gasteiger partial charge in [0.15, 0.2) is 0 Å². The predicted molar refractivity (Wildman–Crippen MR) is 178 cm³/mol. The summed E-state index contributed by atoms with van der Waals surface area (Å²) in [5, 5.41) is 0. The van der Waals surface area contributed by atoms with Crippen LogP contribution in [0.4, 0.5) is 0 Å². The molecule has 0 radical (unpaired) electrons. The summed E-state index contributed by atoms with van der Waals surface area (Å²) in [7, 11) is 0. The number of unbranched alkanes of at least 4 members (excludes halogenated alkanes) is 6. The molecule has 2 unspecified atom stereocenters. The van der Waals surface area contributed by atoms with Crippen molar-refractivity contribution in [2.75, 3.05) is 13.1 Å². The monoisotopic (exact) mass is 553 g/mol. The van der Waals surface area contributed by atoms with E-state index in [4.69, 9.17) is 0 Å². The molecule has 2 saturated heterocycles. The molecule has 2 aliphatic rings. The first-order valence-corrected chi connectivity index (χ1v) is 17.4. The van der Waals surface area contributed by atoms with E-state index in [1.54, 1.807) is 11.1 Å². The Hall–Kier alpha value is -0.860. The van der Waals surface area contributed by atoms with Crippen LogP contribution < -0.4 is 0 Å². The molecule has 0 spiro atoms. The second-order valence-electron chi connectivity index (χ2n) is 16.2. The fraction of sp³-hybridized carbons (Fsp3) is 0.842. The Morgan fingerprint density at radius 2 is 0.875 bits per heavy atom.